The minimum absolute atomic E-state index is 0.266. The maximum absolute atomic E-state index is 14.0. The van der Waals surface area contributed by atoms with Gasteiger partial charge in [0.1, 0.15) is 11.0 Å². The lowest BCUT2D eigenvalue weighted by atomic mass is 10.1. The van der Waals surface area contributed by atoms with Crippen molar-refractivity contribution in [3.05, 3.63) is 52.1 Å². The Labute approximate surface area is 118 Å². The molecule has 0 N–H and O–H groups in total. The number of aryl methyl sites for hydroxylation is 1. The van der Waals surface area contributed by atoms with Gasteiger partial charge in [0.05, 0.1) is 11.4 Å². The van der Waals surface area contributed by atoms with E-state index in [0.29, 0.717) is 22.1 Å². The van der Waals surface area contributed by atoms with Gasteiger partial charge in [0.15, 0.2) is 0 Å². The van der Waals surface area contributed by atoms with Gasteiger partial charge in [-0.25, -0.2) is 14.4 Å². The zero-order valence-corrected chi connectivity index (χ0v) is 11.4. The Bertz CT molecular complexity index is 783. The fourth-order valence-corrected chi connectivity index (χ4v) is 2.29. The lowest BCUT2D eigenvalue weighted by Gasteiger charge is -2.07. The molecule has 0 aliphatic heterocycles. The molecule has 3 rings (SSSR count). The molecular formula is C13H8Cl2FN3. The van der Waals surface area contributed by atoms with Gasteiger partial charge in [-0.2, -0.15) is 0 Å². The molecule has 1 aromatic carbocycles. The maximum Gasteiger partial charge on any atom is 0.235 e. The molecule has 0 aliphatic carbocycles. The molecule has 0 radical (unpaired) electrons. The molecule has 0 aliphatic rings. The van der Waals surface area contributed by atoms with Crippen molar-refractivity contribution in [2.45, 2.75) is 6.92 Å². The molecule has 0 amide bonds. The van der Waals surface area contributed by atoms with Gasteiger partial charge in [-0.15, -0.1) is 0 Å². The zero-order chi connectivity index (χ0) is 13.6. The summed E-state index contributed by atoms with van der Waals surface area (Å²) >= 11 is 11.7. The monoisotopic (exact) mass is 295 g/mol. The van der Waals surface area contributed by atoms with Crippen LogP contribution in [0.5, 0.6) is 0 Å². The first-order valence-corrected chi connectivity index (χ1v) is 6.28. The number of rotatable bonds is 1. The van der Waals surface area contributed by atoms with Gasteiger partial charge in [0, 0.05) is 22.8 Å². The summed E-state index contributed by atoms with van der Waals surface area (Å²) in [6.07, 6.45) is 1.78. The number of hydrogen-bond donors (Lipinski definition) is 0. The highest BCUT2D eigenvalue weighted by molar-refractivity contribution is 6.30. The van der Waals surface area contributed by atoms with Crippen molar-refractivity contribution in [2.24, 2.45) is 0 Å². The maximum atomic E-state index is 14.0. The van der Waals surface area contributed by atoms with Crippen LogP contribution in [0.3, 0.4) is 0 Å². The molecule has 3 nitrogen and oxygen atoms in total. The number of imidazole rings is 1. The Morgan fingerprint density at radius 2 is 1.95 bits per heavy atom. The predicted molar refractivity (Wildman–Crippen MR) is 73.1 cm³/mol. The molecule has 0 saturated heterocycles. The summed E-state index contributed by atoms with van der Waals surface area (Å²) in [6, 6.07) is 6.10. The molecule has 3 aromatic rings. The van der Waals surface area contributed by atoms with E-state index >= 15 is 0 Å². The Morgan fingerprint density at radius 3 is 2.68 bits per heavy atom. The van der Waals surface area contributed by atoms with E-state index in [1.165, 1.54) is 6.07 Å². The van der Waals surface area contributed by atoms with Gasteiger partial charge in [-0.1, -0.05) is 23.2 Å². The van der Waals surface area contributed by atoms with Crippen molar-refractivity contribution < 1.29 is 4.39 Å². The van der Waals surface area contributed by atoms with Crippen LogP contribution in [-0.2, 0) is 0 Å². The van der Waals surface area contributed by atoms with Crippen LogP contribution in [0.2, 0.25) is 10.2 Å². The Kier molecular flexibility index (Phi) is 2.92. The quantitative estimate of drug-likeness (QED) is 0.631. The Balaban J connectivity index is 2.35. The van der Waals surface area contributed by atoms with E-state index in [2.05, 4.69) is 9.97 Å². The van der Waals surface area contributed by atoms with Crippen molar-refractivity contribution >= 4 is 29.0 Å². The fraction of sp³-hybridized carbons (Fsp3) is 0.0769. The van der Waals surface area contributed by atoms with Crippen molar-refractivity contribution in [3.63, 3.8) is 0 Å². The van der Waals surface area contributed by atoms with Crippen molar-refractivity contribution in [3.8, 4) is 11.3 Å². The van der Waals surface area contributed by atoms with Crippen molar-refractivity contribution in [1.82, 2.24) is 14.4 Å². The van der Waals surface area contributed by atoms with Gasteiger partial charge in [-0.05, 0) is 25.1 Å². The van der Waals surface area contributed by atoms with Gasteiger partial charge < -0.3 is 0 Å². The van der Waals surface area contributed by atoms with Gasteiger partial charge in [0.2, 0.25) is 5.78 Å². The number of benzene rings is 1. The summed E-state index contributed by atoms with van der Waals surface area (Å²) in [5, 5.41) is 0.613. The summed E-state index contributed by atoms with van der Waals surface area (Å²) in [7, 11) is 0. The normalized spacial score (nSPS) is 11.2. The topological polar surface area (TPSA) is 30.2 Å². The summed E-state index contributed by atoms with van der Waals surface area (Å²) < 4.78 is 15.7. The van der Waals surface area contributed by atoms with Crippen LogP contribution >= 0.6 is 23.2 Å². The van der Waals surface area contributed by atoms with E-state index in [1.807, 2.05) is 6.92 Å². The second-order valence-electron chi connectivity index (χ2n) is 4.14. The second kappa shape index (κ2) is 4.47. The van der Waals surface area contributed by atoms with E-state index < -0.39 is 5.82 Å². The lowest BCUT2D eigenvalue weighted by Crippen LogP contribution is -1.96. The lowest BCUT2D eigenvalue weighted by molar-refractivity contribution is 0.630. The number of hydrogen-bond acceptors (Lipinski definition) is 2. The molecule has 6 heteroatoms. The molecule has 0 unspecified atom stereocenters. The third-order valence-corrected chi connectivity index (χ3v) is 3.17. The molecule has 2 aromatic heterocycles. The highest BCUT2D eigenvalue weighted by Crippen LogP contribution is 2.27. The van der Waals surface area contributed by atoms with Crippen LogP contribution in [0.1, 0.15) is 5.69 Å². The first-order valence-electron chi connectivity index (χ1n) is 5.52. The Morgan fingerprint density at radius 1 is 1.16 bits per heavy atom. The summed E-state index contributed by atoms with van der Waals surface area (Å²) in [5.41, 5.74) is 1.77. The smallest absolute Gasteiger partial charge is 0.235 e. The number of aromatic nitrogens is 3. The first kappa shape index (κ1) is 12.4. The fourth-order valence-electron chi connectivity index (χ4n) is 1.96. The standard InChI is InChI=1S/C13H8Cl2FN3/c1-7-6-19-11(5-12(15)18-13(19)17-7)9-3-2-8(14)4-10(9)16/h2-6H,1H3. The molecule has 0 saturated carbocycles. The molecule has 2 heterocycles. The second-order valence-corrected chi connectivity index (χ2v) is 4.96. The minimum Gasteiger partial charge on any atom is -0.283 e. The minimum atomic E-state index is -0.414. The zero-order valence-electron chi connectivity index (χ0n) is 9.86. The summed E-state index contributed by atoms with van der Waals surface area (Å²) in [4.78, 5) is 8.32. The average molecular weight is 296 g/mol. The van der Waals surface area contributed by atoms with E-state index in [1.54, 1.807) is 28.8 Å². The number of fused-ring (bicyclic) bond motifs is 1. The third kappa shape index (κ3) is 2.17. The number of halogens is 3. The van der Waals surface area contributed by atoms with Crippen LogP contribution in [-0.4, -0.2) is 14.4 Å². The summed E-state index contributed by atoms with van der Waals surface area (Å²) in [5.74, 6) is 0.0248. The highest BCUT2D eigenvalue weighted by Gasteiger charge is 2.12. The molecule has 0 spiro atoms. The third-order valence-electron chi connectivity index (χ3n) is 2.74. The van der Waals surface area contributed by atoms with E-state index in [9.17, 15) is 4.39 Å². The van der Waals surface area contributed by atoms with Crippen LogP contribution in [0, 0.1) is 12.7 Å². The molecular weight excluding hydrogens is 288 g/mol. The largest absolute Gasteiger partial charge is 0.283 e. The molecule has 0 atom stereocenters. The van der Waals surface area contributed by atoms with Gasteiger partial charge in [0.25, 0.3) is 0 Å². The van der Waals surface area contributed by atoms with Crippen LogP contribution in [0.15, 0.2) is 30.5 Å². The van der Waals surface area contributed by atoms with Crippen molar-refractivity contribution in [1.29, 1.82) is 0 Å². The van der Waals surface area contributed by atoms with Crippen molar-refractivity contribution in [2.75, 3.05) is 0 Å². The molecule has 0 fully saturated rings. The van der Waals surface area contributed by atoms with Gasteiger partial charge >= 0.3 is 0 Å². The van der Waals surface area contributed by atoms with Crippen LogP contribution in [0.25, 0.3) is 17.0 Å². The summed E-state index contributed by atoms with van der Waals surface area (Å²) in [6.45, 7) is 1.84. The predicted octanol–water partition coefficient (Wildman–Crippen LogP) is 4.15. The van der Waals surface area contributed by atoms with E-state index in [-0.39, 0.29) is 5.15 Å². The van der Waals surface area contributed by atoms with E-state index in [4.69, 9.17) is 23.2 Å². The number of nitrogens with zero attached hydrogens (tertiary/aromatic N) is 3. The molecule has 0 bridgehead atoms. The Hall–Kier alpha value is -1.65. The highest BCUT2D eigenvalue weighted by atomic mass is 35.5. The average Bonchev–Trinajstić information content (AvgIpc) is 2.68. The van der Waals surface area contributed by atoms with Crippen LogP contribution < -0.4 is 0 Å². The first-order chi connectivity index (χ1) is 9.04. The van der Waals surface area contributed by atoms with Gasteiger partial charge in [-0.3, -0.25) is 4.40 Å². The van der Waals surface area contributed by atoms with E-state index in [0.717, 1.165) is 5.69 Å². The molecule has 96 valence electrons. The SMILES string of the molecule is Cc1cn2c(-c3ccc(Cl)cc3F)cc(Cl)nc2n1. The molecule has 19 heavy (non-hydrogen) atoms. The van der Waals surface area contributed by atoms with Crippen LogP contribution in [0.4, 0.5) is 4.39 Å².